The zero-order chi connectivity index (χ0) is 11.4. The highest BCUT2D eigenvalue weighted by molar-refractivity contribution is 4.99. The van der Waals surface area contributed by atoms with Crippen LogP contribution in [0.3, 0.4) is 0 Å². The number of unbranched alkanes of at least 4 members (excludes halogenated alkanes) is 1. The van der Waals surface area contributed by atoms with Crippen LogP contribution in [0.15, 0.2) is 0 Å². The van der Waals surface area contributed by atoms with Crippen molar-refractivity contribution in [3.05, 3.63) is 0 Å². The summed E-state index contributed by atoms with van der Waals surface area (Å²) in [5, 5.41) is 15.3. The first kappa shape index (κ1) is 12.8. The van der Waals surface area contributed by atoms with Crippen LogP contribution in [-0.4, -0.2) is 42.8 Å². The first-order valence-electron chi connectivity index (χ1n) is 5.53. The van der Waals surface area contributed by atoms with Gasteiger partial charge < -0.3 is 15.7 Å². The van der Waals surface area contributed by atoms with Crippen molar-refractivity contribution in [3.8, 4) is 0 Å². The summed E-state index contributed by atoms with van der Waals surface area (Å²) < 4.78 is 26.8. The molecule has 0 saturated carbocycles. The zero-order valence-electron chi connectivity index (χ0n) is 9.15. The summed E-state index contributed by atoms with van der Waals surface area (Å²) in [7, 11) is 0. The van der Waals surface area contributed by atoms with E-state index in [2.05, 4.69) is 10.6 Å². The molecule has 1 rings (SSSR count). The molecule has 1 atom stereocenters. The van der Waals surface area contributed by atoms with Crippen LogP contribution in [0.25, 0.3) is 0 Å². The van der Waals surface area contributed by atoms with E-state index >= 15 is 0 Å². The molecule has 1 fully saturated rings. The van der Waals surface area contributed by atoms with E-state index in [1.807, 2.05) is 6.92 Å². The van der Waals surface area contributed by atoms with E-state index in [4.69, 9.17) is 0 Å². The quantitative estimate of drug-likeness (QED) is 0.601. The molecule has 0 amide bonds. The topological polar surface area (TPSA) is 44.3 Å². The molecule has 0 radical (unpaired) electrons. The predicted octanol–water partition coefficient (Wildman–Crippen LogP) is 0.736. The minimum atomic E-state index is -3.04. The molecule has 90 valence electrons. The second-order valence-corrected chi connectivity index (χ2v) is 4.19. The SMILES string of the molecule is CCCCNCC1(O)CCNCC1(F)F. The van der Waals surface area contributed by atoms with Crippen molar-refractivity contribution in [1.29, 1.82) is 0 Å². The smallest absolute Gasteiger partial charge is 0.289 e. The summed E-state index contributed by atoms with van der Waals surface area (Å²) in [4.78, 5) is 0. The van der Waals surface area contributed by atoms with E-state index in [0.717, 1.165) is 12.8 Å². The minimum Gasteiger partial charge on any atom is -0.382 e. The largest absolute Gasteiger partial charge is 0.382 e. The van der Waals surface area contributed by atoms with Crippen LogP contribution in [0, 0.1) is 0 Å². The van der Waals surface area contributed by atoms with Crippen molar-refractivity contribution in [2.24, 2.45) is 0 Å². The fraction of sp³-hybridized carbons (Fsp3) is 1.00. The van der Waals surface area contributed by atoms with E-state index in [-0.39, 0.29) is 13.0 Å². The van der Waals surface area contributed by atoms with Gasteiger partial charge in [-0.1, -0.05) is 13.3 Å². The summed E-state index contributed by atoms with van der Waals surface area (Å²) in [5.41, 5.74) is -1.88. The van der Waals surface area contributed by atoms with E-state index < -0.39 is 18.1 Å². The first-order chi connectivity index (χ1) is 7.02. The Bertz CT molecular complexity index is 202. The van der Waals surface area contributed by atoms with Crippen LogP contribution < -0.4 is 10.6 Å². The maximum absolute atomic E-state index is 13.4. The van der Waals surface area contributed by atoms with Crippen LogP contribution in [0.4, 0.5) is 8.78 Å². The van der Waals surface area contributed by atoms with Crippen molar-refractivity contribution in [2.75, 3.05) is 26.2 Å². The third-order valence-corrected chi connectivity index (χ3v) is 2.87. The summed E-state index contributed by atoms with van der Waals surface area (Å²) in [6, 6.07) is 0. The molecule has 1 aliphatic heterocycles. The standard InChI is InChI=1S/C10H20F2N2O/c1-2-3-5-13-7-9(15)4-6-14-8-10(9,11)12/h13-15H,2-8H2,1H3. The van der Waals surface area contributed by atoms with Crippen LogP contribution in [0.2, 0.25) is 0 Å². The lowest BCUT2D eigenvalue weighted by Gasteiger charge is -2.40. The lowest BCUT2D eigenvalue weighted by Crippen LogP contribution is -2.63. The molecule has 15 heavy (non-hydrogen) atoms. The monoisotopic (exact) mass is 222 g/mol. The summed E-state index contributed by atoms with van der Waals surface area (Å²) in [6.45, 7) is 2.71. The molecule has 0 aromatic heterocycles. The van der Waals surface area contributed by atoms with Crippen LogP contribution in [0.5, 0.6) is 0 Å². The number of nitrogens with one attached hydrogen (secondary N) is 2. The normalized spacial score (nSPS) is 30.4. The molecule has 1 heterocycles. The second-order valence-electron chi connectivity index (χ2n) is 4.19. The molecular weight excluding hydrogens is 202 g/mol. The number of rotatable bonds is 5. The predicted molar refractivity (Wildman–Crippen MR) is 55.2 cm³/mol. The molecule has 3 nitrogen and oxygen atoms in total. The number of hydrogen-bond donors (Lipinski definition) is 3. The molecule has 1 unspecified atom stereocenters. The molecule has 1 saturated heterocycles. The van der Waals surface area contributed by atoms with Gasteiger partial charge in [0.05, 0.1) is 6.54 Å². The molecule has 3 N–H and O–H groups in total. The van der Waals surface area contributed by atoms with Gasteiger partial charge in [-0.15, -0.1) is 0 Å². The first-order valence-corrected chi connectivity index (χ1v) is 5.53. The maximum Gasteiger partial charge on any atom is 0.289 e. The van der Waals surface area contributed by atoms with Gasteiger partial charge in [-0.25, -0.2) is 8.78 Å². The number of hydrogen-bond acceptors (Lipinski definition) is 3. The Morgan fingerprint density at radius 1 is 1.47 bits per heavy atom. The second kappa shape index (κ2) is 5.18. The Morgan fingerprint density at radius 2 is 2.20 bits per heavy atom. The third-order valence-electron chi connectivity index (χ3n) is 2.87. The maximum atomic E-state index is 13.4. The summed E-state index contributed by atoms with van der Waals surface area (Å²) in [5.74, 6) is -3.04. The lowest BCUT2D eigenvalue weighted by molar-refractivity contribution is -0.190. The van der Waals surface area contributed by atoms with Gasteiger partial charge in [0.15, 0.2) is 0 Å². The van der Waals surface area contributed by atoms with Crippen LogP contribution in [-0.2, 0) is 0 Å². The highest BCUT2D eigenvalue weighted by atomic mass is 19.3. The fourth-order valence-electron chi connectivity index (χ4n) is 1.70. The average molecular weight is 222 g/mol. The molecular formula is C10H20F2N2O. The van der Waals surface area contributed by atoms with E-state index in [0.29, 0.717) is 13.1 Å². The van der Waals surface area contributed by atoms with Crippen LogP contribution >= 0.6 is 0 Å². The number of alkyl halides is 2. The van der Waals surface area contributed by atoms with Crippen molar-refractivity contribution >= 4 is 0 Å². The number of aliphatic hydroxyl groups is 1. The highest BCUT2D eigenvalue weighted by Gasteiger charge is 2.53. The average Bonchev–Trinajstić information content (AvgIpc) is 2.18. The van der Waals surface area contributed by atoms with Gasteiger partial charge in [-0.3, -0.25) is 0 Å². The van der Waals surface area contributed by atoms with Gasteiger partial charge in [0, 0.05) is 6.54 Å². The van der Waals surface area contributed by atoms with Crippen molar-refractivity contribution in [2.45, 2.75) is 37.7 Å². The van der Waals surface area contributed by atoms with E-state index in [1.54, 1.807) is 0 Å². The Balaban J connectivity index is 2.41. The fourth-order valence-corrected chi connectivity index (χ4v) is 1.70. The third kappa shape index (κ3) is 3.09. The van der Waals surface area contributed by atoms with Gasteiger partial charge in [0.1, 0.15) is 5.60 Å². The van der Waals surface area contributed by atoms with Gasteiger partial charge in [-0.2, -0.15) is 0 Å². The lowest BCUT2D eigenvalue weighted by atomic mass is 9.88. The molecule has 0 bridgehead atoms. The highest BCUT2D eigenvalue weighted by Crippen LogP contribution is 2.32. The van der Waals surface area contributed by atoms with Crippen molar-refractivity contribution in [3.63, 3.8) is 0 Å². The molecule has 0 aromatic carbocycles. The van der Waals surface area contributed by atoms with Crippen molar-refractivity contribution < 1.29 is 13.9 Å². The summed E-state index contributed by atoms with van der Waals surface area (Å²) in [6.07, 6.45) is 2.06. The molecule has 0 aromatic rings. The van der Waals surface area contributed by atoms with E-state index in [9.17, 15) is 13.9 Å². The van der Waals surface area contributed by atoms with Crippen molar-refractivity contribution in [1.82, 2.24) is 10.6 Å². The Morgan fingerprint density at radius 3 is 2.80 bits per heavy atom. The number of piperidine rings is 1. The Hall–Kier alpha value is -0.260. The van der Waals surface area contributed by atoms with E-state index in [1.165, 1.54) is 0 Å². The van der Waals surface area contributed by atoms with Gasteiger partial charge in [-0.05, 0) is 25.9 Å². The van der Waals surface area contributed by atoms with Gasteiger partial charge in [0.25, 0.3) is 5.92 Å². The van der Waals surface area contributed by atoms with Gasteiger partial charge >= 0.3 is 0 Å². The molecule has 0 spiro atoms. The Labute approximate surface area is 89.2 Å². The molecule has 5 heteroatoms. The molecule has 1 aliphatic rings. The number of halogens is 2. The van der Waals surface area contributed by atoms with Crippen LogP contribution in [0.1, 0.15) is 26.2 Å². The van der Waals surface area contributed by atoms with Gasteiger partial charge in [0.2, 0.25) is 0 Å². The summed E-state index contributed by atoms with van der Waals surface area (Å²) >= 11 is 0. The molecule has 0 aliphatic carbocycles. The Kier molecular flexibility index (Phi) is 4.43. The minimum absolute atomic E-state index is 0.0261. The zero-order valence-corrected chi connectivity index (χ0v) is 9.15.